The zero-order valence-corrected chi connectivity index (χ0v) is 8.00. The summed E-state index contributed by atoms with van der Waals surface area (Å²) in [6.07, 6.45) is 0. The van der Waals surface area contributed by atoms with Crippen molar-refractivity contribution in [1.82, 2.24) is 0 Å². The van der Waals surface area contributed by atoms with Gasteiger partial charge in [0.2, 0.25) is 0 Å². The topological polar surface area (TPSA) is 26.0 Å². The van der Waals surface area contributed by atoms with Crippen molar-refractivity contribution in [2.45, 2.75) is 10.5 Å². The van der Waals surface area contributed by atoms with E-state index >= 15 is 0 Å². The molecule has 0 radical (unpaired) electrons. The second-order valence-corrected chi connectivity index (χ2v) is 4.68. The smallest absolute Gasteiger partial charge is 0.0906 e. The molecule has 0 aliphatic rings. The molecule has 0 spiro atoms. The summed E-state index contributed by atoms with van der Waals surface area (Å²) in [5, 5.41) is 0. The second kappa shape index (κ2) is 2.88. The highest BCUT2D eigenvalue weighted by atomic mass is 127. The van der Waals surface area contributed by atoms with Crippen LogP contribution in [0.15, 0.2) is 30.3 Å². The Bertz CT molecular complexity index is 200. The molecule has 0 fully saturated rings. The van der Waals surface area contributed by atoms with Crippen LogP contribution < -0.4 is 5.73 Å². The van der Waals surface area contributed by atoms with E-state index in [2.05, 4.69) is 22.6 Å². The SMILES string of the molecule is CC(N)(I)c1ccccc1. The van der Waals surface area contributed by atoms with E-state index in [1.165, 1.54) is 0 Å². The van der Waals surface area contributed by atoms with Gasteiger partial charge in [-0.1, -0.05) is 52.9 Å². The number of alkyl halides is 1. The lowest BCUT2D eigenvalue weighted by atomic mass is 10.1. The van der Waals surface area contributed by atoms with Crippen molar-refractivity contribution in [2.75, 3.05) is 0 Å². The molecular weight excluding hydrogens is 237 g/mol. The summed E-state index contributed by atoms with van der Waals surface area (Å²) >= 11 is 2.22. The van der Waals surface area contributed by atoms with Gasteiger partial charge in [-0.2, -0.15) is 0 Å². The number of hydrogen-bond donors (Lipinski definition) is 1. The molecule has 2 N–H and O–H groups in total. The minimum Gasteiger partial charge on any atom is -0.313 e. The molecule has 0 saturated heterocycles. The van der Waals surface area contributed by atoms with E-state index in [0.29, 0.717) is 0 Å². The maximum atomic E-state index is 5.84. The van der Waals surface area contributed by atoms with Crippen molar-refractivity contribution in [3.05, 3.63) is 35.9 Å². The molecule has 54 valence electrons. The van der Waals surface area contributed by atoms with E-state index in [0.717, 1.165) is 5.56 Å². The van der Waals surface area contributed by atoms with Gasteiger partial charge in [0, 0.05) is 0 Å². The third-order valence-corrected chi connectivity index (χ3v) is 1.96. The third kappa shape index (κ3) is 1.95. The van der Waals surface area contributed by atoms with Crippen LogP contribution in [0.25, 0.3) is 0 Å². The van der Waals surface area contributed by atoms with Gasteiger partial charge in [-0.05, 0) is 12.5 Å². The quantitative estimate of drug-likeness (QED) is 0.459. The predicted octanol–water partition coefficient (Wildman–Crippen LogP) is 2.25. The average molecular weight is 247 g/mol. The fourth-order valence-corrected chi connectivity index (χ4v) is 1.12. The first-order valence-electron chi connectivity index (χ1n) is 3.14. The van der Waals surface area contributed by atoms with E-state index in [9.17, 15) is 0 Å². The van der Waals surface area contributed by atoms with E-state index in [1.807, 2.05) is 37.3 Å². The van der Waals surface area contributed by atoms with Crippen LogP contribution in [0.5, 0.6) is 0 Å². The summed E-state index contributed by atoms with van der Waals surface area (Å²) < 4.78 is -0.237. The number of nitrogens with two attached hydrogens (primary N) is 1. The zero-order valence-electron chi connectivity index (χ0n) is 5.84. The Hall–Kier alpha value is -0.0900. The minimum absolute atomic E-state index is 0.237. The zero-order chi connectivity index (χ0) is 7.61. The highest BCUT2D eigenvalue weighted by molar-refractivity contribution is 14.1. The Labute approximate surface area is 74.8 Å². The van der Waals surface area contributed by atoms with Gasteiger partial charge in [-0.25, -0.2) is 0 Å². The maximum Gasteiger partial charge on any atom is 0.0906 e. The van der Waals surface area contributed by atoms with Crippen LogP contribution >= 0.6 is 22.6 Å². The van der Waals surface area contributed by atoms with Crippen molar-refractivity contribution in [3.63, 3.8) is 0 Å². The molecule has 0 bridgehead atoms. The summed E-state index contributed by atoms with van der Waals surface area (Å²) in [5.41, 5.74) is 7.01. The largest absolute Gasteiger partial charge is 0.313 e. The first-order chi connectivity index (χ1) is 4.61. The molecular formula is C8H10IN. The second-order valence-electron chi connectivity index (χ2n) is 2.44. The predicted molar refractivity (Wildman–Crippen MR) is 52.0 cm³/mol. The van der Waals surface area contributed by atoms with Crippen LogP contribution in [-0.4, -0.2) is 0 Å². The lowest BCUT2D eigenvalue weighted by Gasteiger charge is -2.15. The van der Waals surface area contributed by atoms with Crippen molar-refractivity contribution in [1.29, 1.82) is 0 Å². The highest BCUT2D eigenvalue weighted by Crippen LogP contribution is 2.23. The molecule has 0 aromatic heterocycles. The molecule has 1 aromatic carbocycles. The molecule has 1 unspecified atom stereocenters. The molecule has 0 saturated carbocycles. The van der Waals surface area contributed by atoms with Gasteiger partial charge < -0.3 is 5.73 Å². The monoisotopic (exact) mass is 247 g/mol. The summed E-state index contributed by atoms with van der Waals surface area (Å²) in [6, 6.07) is 10.1. The summed E-state index contributed by atoms with van der Waals surface area (Å²) in [4.78, 5) is 0. The number of halogens is 1. The van der Waals surface area contributed by atoms with Crippen LogP contribution in [0.3, 0.4) is 0 Å². The number of hydrogen-bond acceptors (Lipinski definition) is 1. The Balaban J connectivity index is 2.97. The van der Waals surface area contributed by atoms with E-state index in [4.69, 9.17) is 5.73 Å². The van der Waals surface area contributed by atoms with Gasteiger partial charge in [0.1, 0.15) is 0 Å². The van der Waals surface area contributed by atoms with E-state index in [1.54, 1.807) is 0 Å². The van der Waals surface area contributed by atoms with E-state index < -0.39 is 0 Å². The number of rotatable bonds is 1. The maximum absolute atomic E-state index is 5.84. The normalized spacial score (nSPS) is 16.3. The fraction of sp³-hybridized carbons (Fsp3) is 0.250. The molecule has 0 aliphatic carbocycles. The fourth-order valence-electron chi connectivity index (χ4n) is 0.764. The van der Waals surface area contributed by atoms with Crippen LogP contribution in [0.1, 0.15) is 12.5 Å². The van der Waals surface area contributed by atoms with Gasteiger partial charge in [0.25, 0.3) is 0 Å². The lowest BCUT2D eigenvalue weighted by Crippen LogP contribution is -2.24. The Kier molecular flexibility index (Phi) is 2.31. The van der Waals surface area contributed by atoms with Crippen LogP contribution in [0.4, 0.5) is 0 Å². The van der Waals surface area contributed by atoms with Gasteiger partial charge in [-0.15, -0.1) is 0 Å². The molecule has 1 aromatic rings. The summed E-state index contributed by atoms with van der Waals surface area (Å²) in [7, 11) is 0. The first kappa shape index (κ1) is 8.01. The molecule has 0 amide bonds. The molecule has 10 heavy (non-hydrogen) atoms. The highest BCUT2D eigenvalue weighted by Gasteiger charge is 2.14. The van der Waals surface area contributed by atoms with Crippen LogP contribution in [-0.2, 0) is 3.55 Å². The van der Waals surface area contributed by atoms with Crippen molar-refractivity contribution < 1.29 is 0 Å². The van der Waals surface area contributed by atoms with Gasteiger partial charge in [0.15, 0.2) is 0 Å². The van der Waals surface area contributed by atoms with Gasteiger partial charge in [-0.3, -0.25) is 0 Å². The van der Waals surface area contributed by atoms with Crippen LogP contribution in [0, 0.1) is 0 Å². The molecule has 2 heteroatoms. The molecule has 1 atom stereocenters. The average Bonchev–Trinajstić information content (AvgIpc) is 1.88. The van der Waals surface area contributed by atoms with Crippen molar-refractivity contribution in [2.24, 2.45) is 5.73 Å². The Morgan fingerprint density at radius 2 is 1.80 bits per heavy atom. The lowest BCUT2D eigenvalue weighted by molar-refractivity contribution is 0.780. The number of benzene rings is 1. The third-order valence-electron chi connectivity index (χ3n) is 1.34. The van der Waals surface area contributed by atoms with Gasteiger partial charge in [0.05, 0.1) is 3.55 Å². The van der Waals surface area contributed by atoms with Gasteiger partial charge >= 0.3 is 0 Å². The van der Waals surface area contributed by atoms with E-state index in [-0.39, 0.29) is 3.55 Å². The molecule has 0 aliphatic heterocycles. The summed E-state index contributed by atoms with van der Waals surface area (Å²) in [5.74, 6) is 0. The first-order valence-corrected chi connectivity index (χ1v) is 4.22. The standard InChI is InChI=1S/C8H10IN/c1-8(9,10)7-5-3-2-4-6-7/h2-6H,10H2,1H3. The molecule has 1 rings (SSSR count). The Morgan fingerprint density at radius 1 is 1.30 bits per heavy atom. The molecule has 1 nitrogen and oxygen atoms in total. The summed E-state index contributed by atoms with van der Waals surface area (Å²) in [6.45, 7) is 1.99. The Morgan fingerprint density at radius 3 is 2.10 bits per heavy atom. The minimum atomic E-state index is -0.237. The van der Waals surface area contributed by atoms with Crippen molar-refractivity contribution >= 4 is 22.6 Å². The van der Waals surface area contributed by atoms with Crippen LogP contribution in [0.2, 0.25) is 0 Å². The van der Waals surface area contributed by atoms with Crippen molar-refractivity contribution in [3.8, 4) is 0 Å². The molecule has 0 heterocycles.